The Bertz CT molecular complexity index is 1410. The highest BCUT2D eigenvalue weighted by Gasteiger charge is 2.53. The fourth-order valence-corrected chi connectivity index (χ4v) is 5.29. The van der Waals surface area contributed by atoms with Gasteiger partial charge in [-0.3, -0.25) is 14.5 Å². The summed E-state index contributed by atoms with van der Waals surface area (Å²) < 4.78 is 12.1. The highest BCUT2D eigenvalue weighted by Crippen LogP contribution is 2.40. The minimum absolute atomic E-state index is 0.0185. The molecule has 1 unspecified atom stereocenters. The van der Waals surface area contributed by atoms with E-state index in [1.165, 1.54) is 18.9 Å². The number of furan rings is 1. The van der Waals surface area contributed by atoms with Crippen LogP contribution in [0.2, 0.25) is 0 Å². The SMILES string of the molecule is CO/N=C(\C(=O)NC1C(=O)N2C(C(=O)[O-])=C(C[n+]3ccc4ccoc4c3)CS[C@H]12)c1coc(N)n1. The number of oxime groups is 1. The third-order valence-corrected chi connectivity index (χ3v) is 6.86. The molecule has 0 spiro atoms. The van der Waals surface area contributed by atoms with Crippen LogP contribution in [0.5, 0.6) is 0 Å². The monoisotopic (exact) mass is 498 g/mol. The van der Waals surface area contributed by atoms with Crippen molar-refractivity contribution in [3.05, 3.63) is 54.0 Å². The normalized spacial score (nSPS) is 20.0. The van der Waals surface area contributed by atoms with Crippen LogP contribution in [0.25, 0.3) is 11.0 Å². The second-order valence-electron chi connectivity index (χ2n) is 7.65. The Morgan fingerprint density at radius 2 is 2.26 bits per heavy atom. The van der Waals surface area contributed by atoms with Crippen molar-refractivity contribution in [2.75, 3.05) is 18.6 Å². The second kappa shape index (κ2) is 8.79. The van der Waals surface area contributed by atoms with Gasteiger partial charge in [-0.15, -0.1) is 11.8 Å². The second-order valence-corrected chi connectivity index (χ2v) is 8.76. The molecule has 2 amide bonds. The molecule has 0 saturated carbocycles. The summed E-state index contributed by atoms with van der Waals surface area (Å²) in [5, 5.41) is 18.5. The molecule has 0 radical (unpaired) electrons. The number of carboxylic acid groups (broad SMARTS) is 1. The Balaban J connectivity index is 1.36. The number of hydrogen-bond acceptors (Lipinski definition) is 11. The third kappa shape index (κ3) is 3.97. The lowest BCUT2D eigenvalue weighted by Gasteiger charge is -2.50. The number of rotatable bonds is 7. The summed E-state index contributed by atoms with van der Waals surface area (Å²) in [5.74, 6) is -2.50. The molecular formula is C21H18N6O7S. The van der Waals surface area contributed by atoms with Gasteiger partial charge in [0, 0.05) is 22.8 Å². The Kier molecular flexibility index (Phi) is 5.64. The van der Waals surface area contributed by atoms with Crippen molar-refractivity contribution >= 4 is 52.2 Å². The summed E-state index contributed by atoms with van der Waals surface area (Å²) in [5.41, 5.74) is 6.17. The van der Waals surface area contributed by atoms with Crippen LogP contribution in [0, 0.1) is 0 Å². The van der Waals surface area contributed by atoms with E-state index in [1.54, 1.807) is 23.2 Å². The average Bonchev–Trinajstić information content (AvgIpc) is 3.48. The predicted octanol–water partition coefficient (Wildman–Crippen LogP) is -1.25. The lowest BCUT2D eigenvalue weighted by molar-refractivity contribution is -0.688. The van der Waals surface area contributed by atoms with E-state index >= 15 is 0 Å². The first-order valence-corrected chi connectivity index (χ1v) is 11.3. The number of oxazole rings is 1. The zero-order chi connectivity index (χ0) is 24.7. The average molecular weight is 498 g/mol. The lowest BCUT2D eigenvalue weighted by Crippen LogP contribution is -2.71. The van der Waals surface area contributed by atoms with Gasteiger partial charge < -0.3 is 34.6 Å². The van der Waals surface area contributed by atoms with Crippen molar-refractivity contribution in [3.63, 3.8) is 0 Å². The van der Waals surface area contributed by atoms with Gasteiger partial charge in [-0.25, -0.2) is 0 Å². The maximum absolute atomic E-state index is 12.9. The highest BCUT2D eigenvalue weighted by atomic mass is 32.2. The summed E-state index contributed by atoms with van der Waals surface area (Å²) in [7, 11) is 1.24. The van der Waals surface area contributed by atoms with Gasteiger partial charge in [0.1, 0.15) is 30.5 Å². The van der Waals surface area contributed by atoms with Crippen molar-refractivity contribution in [1.82, 2.24) is 15.2 Å². The number of carbonyl (C=O) groups is 3. The maximum atomic E-state index is 12.9. The molecule has 0 aliphatic carbocycles. The van der Waals surface area contributed by atoms with Gasteiger partial charge >= 0.3 is 0 Å². The zero-order valence-corrected chi connectivity index (χ0v) is 19.0. The van der Waals surface area contributed by atoms with Crippen molar-refractivity contribution < 1.29 is 37.7 Å². The van der Waals surface area contributed by atoms with E-state index in [-0.39, 0.29) is 29.7 Å². The molecule has 3 aromatic heterocycles. The number of thioether (sulfide) groups is 1. The molecule has 0 bridgehead atoms. The molecule has 2 aliphatic heterocycles. The summed E-state index contributed by atoms with van der Waals surface area (Å²) in [4.78, 5) is 47.4. The Morgan fingerprint density at radius 3 is 2.97 bits per heavy atom. The highest BCUT2D eigenvalue weighted by molar-refractivity contribution is 8.00. The largest absolute Gasteiger partial charge is 0.543 e. The molecule has 3 aromatic rings. The summed E-state index contributed by atoms with van der Waals surface area (Å²) in [6.45, 7) is 0.221. The van der Waals surface area contributed by atoms with Gasteiger partial charge in [-0.1, -0.05) is 5.16 Å². The molecule has 3 N–H and O–H groups in total. The number of carbonyl (C=O) groups excluding carboxylic acids is 3. The minimum Gasteiger partial charge on any atom is -0.543 e. The van der Waals surface area contributed by atoms with E-state index in [0.29, 0.717) is 16.9 Å². The smallest absolute Gasteiger partial charge is 0.292 e. The van der Waals surface area contributed by atoms with Crippen molar-refractivity contribution in [2.45, 2.75) is 18.0 Å². The van der Waals surface area contributed by atoms with Crippen LogP contribution in [-0.2, 0) is 25.8 Å². The predicted molar refractivity (Wildman–Crippen MR) is 118 cm³/mol. The first kappa shape index (κ1) is 22.5. The van der Waals surface area contributed by atoms with Crippen LogP contribution in [0.15, 0.2) is 62.3 Å². The summed E-state index contributed by atoms with van der Waals surface area (Å²) >= 11 is 1.32. The first-order chi connectivity index (χ1) is 16.9. The molecule has 1 fully saturated rings. The maximum Gasteiger partial charge on any atom is 0.292 e. The summed E-state index contributed by atoms with van der Waals surface area (Å²) in [6, 6.07) is 2.51. The van der Waals surface area contributed by atoms with Crippen LogP contribution in [0.1, 0.15) is 5.69 Å². The van der Waals surface area contributed by atoms with Gasteiger partial charge in [0.25, 0.3) is 17.8 Å². The molecule has 2 atom stereocenters. The van der Waals surface area contributed by atoms with Gasteiger partial charge in [0.2, 0.25) is 6.20 Å². The molecule has 1 saturated heterocycles. The number of anilines is 1. The lowest BCUT2D eigenvalue weighted by atomic mass is 10.0. The number of hydrogen-bond donors (Lipinski definition) is 2. The van der Waals surface area contributed by atoms with Gasteiger partial charge in [-0.05, 0) is 6.07 Å². The van der Waals surface area contributed by atoms with Gasteiger partial charge in [0.15, 0.2) is 24.0 Å². The number of nitrogens with zero attached hydrogens (tertiary/aromatic N) is 4. The van der Waals surface area contributed by atoms with Crippen molar-refractivity contribution in [3.8, 4) is 0 Å². The van der Waals surface area contributed by atoms with Gasteiger partial charge in [0.05, 0.1) is 17.9 Å². The Labute approximate surface area is 201 Å². The molecule has 5 heterocycles. The number of fused-ring (bicyclic) bond motifs is 2. The molecule has 2 aliphatic rings. The topological polar surface area (TPSA) is 180 Å². The number of amides is 2. The van der Waals surface area contributed by atoms with Crippen LogP contribution in [0.4, 0.5) is 6.01 Å². The molecule has 5 rings (SSSR count). The van der Waals surface area contributed by atoms with E-state index in [1.807, 2.05) is 12.1 Å². The number of β-lactam (4-membered cyclic amide) rings is 1. The van der Waals surface area contributed by atoms with Crippen LogP contribution >= 0.6 is 11.8 Å². The van der Waals surface area contributed by atoms with E-state index < -0.39 is 29.2 Å². The first-order valence-electron chi connectivity index (χ1n) is 10.2. The minimum atomic E-state index is -1.47. The fourth-order valence-electron chi connectivity index (χ4n) is 3.96. The number of aliphatic carboxylic acids is 1. The number of aromatic nitrogens is 2. The van der Waals surface area contributed by atoms with E-state index in [9.17, 15) is 19.5 Å². The zero-order valence-electron chi connectivity index (χ0n) is 18.2. The van der Waals surface area contributed by atoms with Crippen molar-refractivity contribution in [2.24, 2.45) is 5.16 Å². The molecule has 14 heteroatoms. The number of nitrogen functional groups attached to an aromatic ring is 1. The molecule has 180 valence electrons. The van der Waals surface area contributed by atoms with Gasteiger partial charge in [-0.2, -0.15) is 9.55 Å². The third-order valence-electron chi connectivity index (χ3n) is 5.52. The summed E-state index contributed by atoms with van der Waals surface area (Å²) in [6.07, 6.45) is 6.23. The Morgan fingerprint density at radius 1 is 1.43 bits per heavy atom. The standard InChI is InChI=1S/C21H18N6O7S/c1-32-25-14(12-8-34-21(22)23-12)17(28)24-15-18(29)27-16(20(30)31)11(9-35-19(15)27)6-26-4-2-10-3-5-33-13(10)7-26/h2-5,7-8,15,19H,6,9H2,1H3,(H3-,22,23,24,28,30,31)/b25-14-/t15?,19-/m1/s1. The number of nitrogens with two attached hydrogens (primary N) is 1. The number of nitrogens with one attached hydrogen (secondary N) is 1. The number of pyridine rings is 1. The van der Waals surface area contributed by atoms with Crippen LogP contribution in [-0.4, -0.2) is 57.7 Å². The van der Waals surface area contributed by atoms with Crippen molar-refractivity contribution in [1.29, 1.82) is 0 Å². The number of carboxylic acids is 1. The molecule has 0 aromatic carbocycles. The van der Waals surface area contributed by atoms with E-state index in [0.717, 1.165) is 16.5 Å². The molecule has 35 heavy (non-hydrogen) atoms. The quantitative estimate of drug-likeness (QED) is 0.173. The van der Waals surface area contributed by atoms with E-state index in [2.05, 4.69) is 15.5 Å². The fraction of sp³-hybridized carbons (Fsp3) is 0.238. The molecular weight excluding hydrogens is 480 g/mol. The van der Waals surface area contributed by atoms with Crippen LogP contribution in [0.3, 0.4) is 0 Å². The molecule has 13 nitrogen and oxygen atoms in total. The Hall–Kier alpha value is -4.33. The van der Waals surface area contributed by atoms with Crippen LogP contribution < -0.4 is 20.7 Å². The van der Waals surface area contributed by atoms with E-state index in [4.69, 9.17) is 19.4 Å².